The predicted octanol–water partition coefficient (Wildman–Crippen LogP) is 2.20. The summed E-state index contributed by atoms with van der Waals surface area (Å²) in [4.78, 5) is 10.8. The summed E-state index contributed by atoms with van der Waals surface area (Å²) in [5.41, 5.74) is 0.516. The number of carbonyl (C=O) groups excluding carboxylic acids is 1. The van der Waals surface area contributed by atoms with Crippen LogP contribution in [0.5, 0.6) is 11.5 Å². The highest BCUT2D eigenvalue weighted by Gasteiger charge is 2.39. The van der Waals surface area contributed by atoms with Crippen LogP contribution < -0.4 is 14.8 Å². The maximum atomic E-state index is 12.1. The molecule has 1 aliphatic heterocycles. The third-order valence-electron chi connectivity index (χ3n) is 2.67. The van der Waals surface area contributed by atoms with E-state index in [2.05, 4.69) is 0 Å². The van der Waals surface area contributed by atoms with Crippen molar-refractivity contribution in [3.8, 4) is 11.5 Å². The summed E-state index contributed by atoms with van der Waals surface area (Å²) in [6.07, 6.45) is -4.89. The van der Waals surface area contributed by atoms with Gasteiger partial charge in [-0.1, -0.05) is 6.07 Å². The van der Waals surface area contributed by atoms with Gasteiger partial charge < -0.3 is 14.8 Å². The van der Waals surface area contributed by atoms with E-state index in [9.17, 15) is 18.0 Å². The molecule has 1 atom stereocenters. The van der Waals surface area contributed by atoms with Crippen molar-refractivity contribution in [2.24, 2.45) is 0 Å². The number of nitrogens with one attached hydrogen (secondary N) is 1. The van der Waals surface area contributed by atoms with Crippen molar-refractivity contribution in [3.05, 3.63) is 23.8 Å². The van der Waals surface area contributed by atoms with Crippen LogP contribution in [0.3, 0.4) is 0 Å². The minimum absolute atomic E-state index is 0.389. The van der Waals surface area contributed by atoms with E-state index < -0.39 is 18.1 Å². The van der Waals surface area contributed by atoms with Crippen LogP contribution in [0.2, 0.25) is 0 Å². The summed E-state index contributed by atoms with van der Waals surface area (Å²) >= 11 is 0. The van der Waals surface area contributed by atoms with Gasteiger partial charge in [-0.3, -0.25) is 4.79 Å². The second-order valence-electron chi connectivity index (χ2n) is 4.10. The molecule has 0 radical (unpaired) electrons. The summed E-state index contributed by atoms with van der Waals surface area (Å²) in [7, 11) is 0. The number of benzene rings is 1. The lowest BCUT2D eigenvalue weighted by Gasteiger charge is -2.21. The fourth-order valence-corrected chi connectivity index (χ4v) is 1.69. The fourth-order valence-electron chi connectivity index (χ4n) is 1.69. The van der Waals surface area contributed by atoms with Gasteiger partial charge in [0.05, 0.1) is 6.04 Å². The zero-order valence-corrected chi connectivity index (χ0v) is 10.1. The molecule has 0 aromatic heterocycles. The zero-order valence-electron chi connectivity index (χ0n) is 10.1. The Labute approximate surface area is 107 Å². The van der Waals surface area contributed by atoms with Crippen LogP contribution in [0, 0.1) is 0 Å². The summed E-state index contributed by atoms with van der Waals surface area (Å²) in [6.45, 7) is 2.29. The average Bonchev–Trinajstić information content (AvgIpc) is 2.37. The number of halogens is 3. The number of hydrogen-bond donors (Lipinski definition) is 1. The van der Waals surface area contributed by atoms with E-state index >= 15 is 0 Å². The maximum Gasteiger partial charge on any atom is 0.471 e. The number of carbonyl (C=O) groups is 1. The Morgan fingerprint density at radius 1 is 1.26 bits per heavy atom. The second kappa shape index (κ2) is 4.99. The summed E-state index contributed by atoms with van der Waals surface area (Å²) in [5, 5.41) is 1.88. The van der Waals surface area contributed by atoms with Gasteiger partial charge in [0.25, 0.3) is 0 Å². The van der Waals surface area contributed by atoms with Crippen molar-refractivity contribution >= 4 is 5.91 Å². The highest BCUT2D eigenvalue weighted by molar-refractivity contribution is 5.82. The van der Waals surface area contributed by atoms with Crippen LogP contribution >= 0.6 is 0 Å². The highest BCUT2D eigenvalue weighted by Crippen LogP contribution is 2.32. The molecule has 0 spiro atoms. The van der Waals surface area contributed by atoms with Crippen LogP contribution in [0.4, 0.5) is 13.2 Å². The number of fused-ring (bicyclic) bond motifs is 1. The van der Waals surface area contributed by atoms with Gasteiger partial charge in [0.15, 0.2) is 11.5 Å². The topological polar surface area (TPSA) is 47.6 Å². The molecule has 1 unspecified atom stereocenters. The standard InChI is InChI=1S/C12H12F3NO3/c1-7(16-11(17)12(13,14)15)8-2-3-9-10(6-8)19-5-4-18-9/h2-3,6-7H,4-5H2,1H3,(H,16,17). The molecule has 0 bridgehead atoms. The number of alkyl halides is 3. The highest BCUT2D eigenvalue weighted by atomic mass is 19.4. The molecule has 0 saturated carbocycles. The first-order valence-corrected chi connectivity index (χ1v) is 5.65. The van der Waals surface area contributed by atoms with Crippen LogP contribution in [-0.2, 0) is 4.79 Å². The molecule has 104 valence electrons. The Hall–Kier alpha value is -1.92. The van der Waals surface area contributed by atoms with Gasteiger partial charge in [-0.15, -0.1) is 0 Å². The minimum Gasteiger partial charge on any atom is -0.486 e. The number of amides is 1. The third-order valence-corrected chi connectivity index (χ3v) is 2.67. The van der Waals surface area contributed by atoms with E-state index in [-0.39, 0.29) is 0 Å². The second-order valence-corrected chi connectivity index (χ2v) is 4.10. The van der Waals surface area contributed by atoms with Crippen molar-refractivity contribution in [2.75, 3.05) is 13.2 Å². The molecule has 2 rings (SSSR count). The van der Waals surface area contributed by atoms with Crippen molar-refractivity contribution in [2.45, 2.75) is 19.1 Å². The maximum absolute atomic E-state index is 12.1. The van der Waals surface area contributed by atoms with E-state index in [1.807, 2.05) is 5.32 Å². The summed E-state index contributed by atoms with van der Waals surface area (Å²) in [5.74, 6) is -0.948. The van der Waals surface area contributed by atoms with E-state index in [1.165, 1.54) is 6.92 Å². The van der Waals surface area contributed by atoms with Crippen molar-refractivity contribution in [1.29, 1.82) is 0 Å². The lowest BCUT2D eigenvalue weighted by molar-refractivity contribution is -0.174. The number of hydrogen-bond acceptors (Lipinski definition) is 3. The van der Waals surface area contributed by atoms with Crippen LogP contribution in [0.1, 0.15) is 18.5 Å². The lowest BCUT2D eigenvalue weighted by atomic mass is 10.1. The van der Waals surface area contributed by atoms with Crippen LogP contribution in [0.25, 0.3) is 0 Å². The largest absolute Gasteiger partial charge is 0.486 e. The van der Waals surface area contributed by atoms with Crippen LogP contribution in [-0.4, -0.2) is 25.3 Å². The molecule has 7 heteroatoms. The quantitative estimate of drug-likeness (QED) is 0.900. The normalized spacial score (nSPS) is 15.8. The average molecular weight is 275 g/mol. The Kier molecular flexibility index (Phi) is 3.55. The molecule has 1 heterocycles. The minimum atomic E-state index is -4.89. The first-order valence-electron chi connectivity index (χ1n) is 5.65. The SMILES string of the molecule is CC(NC(=O)C(F)(F)F)c1ccc2c(c1)OCCO2. The molecule has 0 aliphatic carbocycles. The van der Waals surface area contributed by atoms with E-state index in [0.29, 0.717) is 30.3 Å². The first kappa shape index (κ1) is 13.5. The summed E-state index contributed by atoms with van der Waals surface area (Å²) < 4.78 is 47.1. The molecule has 4 nitrogen and oxygen atoms in total. The van der Waals surface area contributed by atoms with Gasteiger partial charge in [-0.2, -0.15) is 13.2 Å². The predicted molar refractivity (Wildman–Crippen MR) is 60.0 cm³/mol. The van der Waals surface area contributed by atoms with Gasteiger partial charge in [0.2, 0.25) is 0 Å². The van der Waals surface area contributed by atoms with Gasteiger partial charge in [-0.25, -0.2) is 0 Å². The Bertz CT molecular complexity index is 488. The van der Waals surface area contributed by atoms with Crippen LogP contribution in [0.15, 0.2) is 18.2 Å². The monoisotopic (exact) mass is 275 g/mol. The third kappa shape index (κ3) is 3.10. The molecule has 1 aromatic carbocycles. The number of ether oxygens (including phenoxy) is 2. The van der Waals surface area contributed by atoms with E-state index in [0.717, 1.165) is 0 Å². The Balaban J connectivity index is 2.11. The van der Waals surface area contributed by atoms with Crippen molar-refractivity contribution in [1.82, 2.24) is 5.32 Å². The zero-order chi connectivity index (χ0) is 14.0. The Morgan fingerprint density at radius 3 is 2.53 bits per heavy atom. The smallest absolute Gasteiger partial charge is 0.471 e. The molecule has 1 aliphatic rings. The fraction of sp³-hybridized carbons (Fsp3) is 0.417. The first-order chi connectivity index (χ1) is 8.88. The van der Waals surface area contributed by atoms with Gasteiger partial charge in [0.1, 0.15) is 13.2 Å². The molecule has 1 N–H and O–H groups in total. The Morgan fingerprint density at radius 2 is 1.89 bits per heavy atom. The summed E-state index contributed by atoms with van der Waals surface area (Å²) in [6, 6.07) is 4.00. The molecule has 19 heavy (non-hydrogen) atoms. The molecular formula is C12H12F3NO3. The molecular weight excluding hydrogens is 263 g/mol. The lowest BCUT2D eigenvalue weighted by Crippen LogP contribution is -2.38. The molecule has 1 aromatic rings. The van der Waals surface area contributed by atoms with E-state index in [4.69, 9.17) is 9.47 Å². The van der Waals surface area contributed by atoms with Gasteiger partial charge in [-0.05, 0) is 24.6 Å². The van der Waals surface area contributed by atoms with E-state index in [1.54, 1.807) is 18.2 Å². The number of rotatable bonds is 2. The van der Waals surface area contributed by atoms with Crippen molar-refractivity contribution < 1.29 is 27.4 Å². The molecule has 1 amide bonds. The van der Waals surface area contributed by atoms with Gasteiger partial charge >= 0.3 is 12.1 Å². The van der Waals surface area contributed by atoms with Gasteiger partial charge in [0, 0.05) is 0 Å². The molecule has 0 fully saturated rings. The van der Waals surface area contributed by atoms with Crippen molar-refractivity contribution in [3.63, 3.8) is 0 Å². The molecule has 0 saturated heterocycles.